The van der Waals surface area contributed by atoms with Gasteiger partial charge in [-0.05, 0) is 56.9 Å². The lowest BCUT2D eigenvalue weighted by molar-refractivity contribution is 0.108. The van der Waals surface area contributed by atoms with Crippen LogP contribution in [0.5, 0.6) is 0 Å². The van der Waals surface area contributed by atoms with Crippen LogP contribution in [0.1, 0.15) is 71.6 Å². The van der Waals surface area contributed by atoms with Gasteiger partial charge >= 0.3 is 0 Å². The van der Waals surface area contributed by atoms with Gasteiger partial charge in [-0.25, -0.2) is 0 Å². The summed E-state index contributed by atoms with van der Waals surface area (Å²) in [6.45, 7) is 5.30. The van der Waals surface area contributed by atoms with Crippen LogP contribution in [0.25, 0.3) is 0 Å². The van der Waals surface area contributed by atoms with E-state index in [9.17, 15) is 0 Å². The molecule has 0 bridgehead atoms. The number of fused-ring (bicyclic) bond motifs is 1. The molecule has 108 valence electrons. The van der Waals surface area contributed by atoms with Crippen molar-refractivity contribution in [3.63, 3.8) is 0 Å². The predicted molar refractivity (Wildman–Crippen MR) is 82.9 cm³/mol. The van der Waals surface area contributed by atoms with Crippen LogP contribution in [0.2, 0.25) is 0 Å². The average Bonchev–Trinajstić information content (AvgIpc) is 2.46. The summed E-state index contributed by atoms with van der Waals surface area (Å²) in [6, 6.07) is 0.716. The second kappa shape index (κ2) is 7.95. The van der Waals surface area contributed by atoms with Crippen molar-refractivity contribution in [2.24, 2.45) is 17.8 Å². The molecule has 1 heteroatoms. The van der Waals surface area contributed by atoms with Gasteiger partial charge in [-0.1, -0.05) is 32.6 Å². The van der Waals surface area contributed by atoms with Crippen LogP contribution >= 0.6 is 0 Å². The van der Waals surface area contributed by atoms with Crippen molar-refractivity contribution >= 4 is 0 Å². The Balaban J connectivity index is 1.87. The Bertz CT molecular complexity index is 311. The lowest BCUT2D eigenvalue weighted by atomic mass is 9.66. The zero-order valence-corrected chi connectivity index (χ0v) is 12.9. The maximum atomic E-state index is 3.74. The molecule has 0 aromatic carbocycles. The Kier molecular flexibility index (Phi) is 6.24. The molecule has 0 aromatic rings. The molecule has 0 spiro atoms. The van der Waals surface area contributed by atoms with E-state index in [1.165, 1.54) is 51.4 Å². The van der Waals surface area contributed by atoms with Crippen LogP contribution in [0, 0.1) is 29.6 Å². The van der Waals surface area contributed by atoms with Crippen molar-refractivity contribution in [1.29, 1.82) is 0 Å². The SMILES string of the molecule is CC#CCCC(NCC)C1CCC2CCCCC2C1. The van der Waals surface area contributed by atoms with E-state index in [1.807, 2.05) is 6.92 Å². The summed E-state index contributed by atoms with van der Waals surface area (Å²) in [5.41, 5.74) is 0. The smallest absolute Gasteiger partial charge is 0.0104 e. The highest BCUT2D eigenvalue weighted by Crippen LogP contribution is 2.43. The molecule has 0 aliphatic heterocycles. The summed E-state index contributed by atoms with van der Waals surface area (Å²) in [6.07, 6.45) is 12.8. The number of hydrogen-bond acceptors (Lipinski definition) is 1. The maximum absolute atomic E-state index is 3.74. The minimum Gasteiger partial charge on any atom is -0.314 e. The molecule has 2 saturated carbocycles. The second-order valence-corrected chi connectivity index (χ2v) is 6.51. The number of hydrogen-bond donors (Lipinski definition) is 1. The second-order valence-electron chi connectivity index (χ2n) is 6.51. The first-order valence-corrected chi connectivity index (χ1v) is 8.48. The molecule has 19 heavy (non-hydrogen) atoms. The summed E-state index contributed by atoms with van der Waals surface area (Å²) in [4.78, 5) is 0. The van der Waals surface area contributed by atoms with E-state index in [1.54, 1.807) is 0 Å². The summed E-state index contributed by atoms with van der Waals surface area (Å²) in [5, 5.41) is 3.74. The van der Waals surface area contributed by atoms with Crippen LogP contribution in [0.3, 0.4) is 0 Å². The minimum absolute atomic E-state index is 0.716. The van der Waals surface area contributed by atoms with E-state index in [2.05, 4.69) is 24.1 Å². The molecule has 1 N–H and O–H groups in total. The third-order valence-electron chi connectivity index (χ3n) is 5.37. The van der Waals surface area contributed by atoms with Gasteiger partial charge < -0.3 is 5.32 Å². The van der Waals surface area contributed by atoms with Gasteiger partial charge in [0.2, 0.25) is 0 Å². The van der Waals surface area contributed by atoms with Gasteiger partial charge in [0, 0.05) is 12.5 Å². The minimum atomic E-state index is 0.716. The zero-order valence-electron chi connectivity index (χ0n) is 12.9. The molecule has 2 rings (SSSR count). The first-order valence-electron chi connectivity index (χ1n) is 8.48. The van der Waals surface area contributed by atoms with Gasteiger partial charge in [-0.15, -0.1) is 11.8 Å². The van der Waals surface area contributed by atoms with E-state index >= 15 is 0 Å². The molecule has 0 saturated heterocycles. The van der Waals surface area contributed by atoms with E-state index in [0.717, 1.165) is 30.7 Å². The third-order valence-corrected chi connectivity index (χ3v) is 5.37. The normalized spacial score (nSPS) is 32.0. The van der Waals surface area contributed by atoms with Gasteiger partial charge in [-0.2, -0.15) is 0 Å². The number of nitrogens with one attached hydrogen (secondary N) is 1. The zero-order chi connectivity index (χ0) is 13.5. The van der Waals surface area contributed by atoms with E-state index in [0.29, 0.717) is 6.04 Å². The summed E-state index contributed by atoms with van der Waals surface area (Å²) in [7, 11) is 0. The van der Waals surface area contributed by atoms with Gasteiger partial charge in [0.25, 0.3) is 0 Å². The van der Waals surface area contributed by atoms with Crippen LogP contribution < -0.4 is 5.32 Å². The summed E-state index contributed by atoms with van der Waals surface area (Å²) in [5.74, 6) is 9.31. The highest BCUT2D eigenvalue weighted by molar-refractivity contribution is 4.97. The van der Waals surface area contributed by atoms with Crippen LogP contribution in [-0.2, 0) is 0 Å². The molecular formula is C18H31N. The van der Waals surface area contributed by atoms with Crippen molar-refractivity contribution in [1.82, 2.24) is 5.32 Å². The molecule has 0 aromatic heterocycles. The largest absolute Gasteiger partial charge is 0.314 e. The maximum Gasteiger partial charge on any atom is 0.0104 e. The average molecular weight is 261 g/mol. The van der Waals surface area contributed by atoms with E-state index in [4.69, 9.17) is 0 Å². The molecule has 0 amide bonds. The summed E-state index contributed by atoms with van der Waals surface area (Å²) >= 11 is 0. The predicted octanol–water partition coefficient (Wildman–Crippen LogP) is 4.37. The third kappa shape index (κ3) is 4.25. The highest BCUT2D eigenvalue weighted by Gasteiger charge is 2.34. The first kappa shape index (κ1) is 14.9. The van der Waals surface area contributed by atoms with Crippen molar-refractivity contribution in [3.8, 4) is 11.8 Å². The molecule has 4 unspecified atom stereocenters. The molecule has 2 aliphatic carbocycles. The van der Waals surface area contributed by atoms with Gasteiger partial charge in [0.05, 0.1) is 0 Å². The van der Waals surface area contributed by atoms with Gasteiger partial charge in [0.1, 0.15) is 0 Å². The van der Waals surface area contributed by atoms with E-state index in [-0.39, 0.29) is 0 Å². The molecule has 0 heterocycles. The Morgan fingerprint density at radius 1 is 1.11 bits per heavy atom. The quantitative estimate of drug-likeness (QED) is 0.724. The standard InChI is InChI=1S/C18H31N/c1-3-5-6-11-18(19-4-2)17-13-12-15-9-7-8-10-16(15)14-17/h15-19H,4,6-14H2,1-2H3. The number of rotatable bonds is 5. The summed E-state index contributed by atoms with van der Waals surface area (Å²) < 4.78 is 0. The van der Waals surface area contributed by atoms with Crippen molar-refractivity contribution in [2.45, 2.75) is 77.7 Å². The fourth-order valence-corrected chi connectivity index (χ4v) is 4.39. The molecule has 1 nitrogen and oxygen atoms in total. The molecular weight excluding hydrogens is 230 g/mol. The van der Waals surface area contributed by atoms with Gasteiger partial charge in [-0.3, -0.25) is 0 Å². The van der Waals surface area contributed by atoms with Crippen LogP contribution in [0.15, 0.2) is 0 Å². The molecule has 0 radical (unpaired) electrons. The Morgan fingerprint density at radius 3 is 2.63 bits per heavy atom. The fraction of sp³-hybridized carbons (Fsp3) is 0.889. The Morgan fingerprint density at radius 2 is 1.89 bits per heavy atom. The topological polar surface area (TPSA) is 12.0 Å². The van der Waals surface area contributed by atoms with Crippen LogP contribution in [0.4, 0.5) is 0 Å². The first-order chi connectivity index (χ1) is 9.35. The lowest BCUT2D eigenvalue weighted by Crippen LogP contribution is -2.41. The van der Waals surface area contributed by atoms with E-state index < -0.39 is 0 Å². The monoisotopic (exact) mass is 261 g/mol. The van der Waals surface area contributed by atoms with Crippen molar-refractivity contribution < 1.29 is 0 Å². The van der Waals surface area contributed by atoms with Crippen LogP contribution in [-0.4, -0.2) is 12.6 Å². The molecule has 2 aliphatic rings. The molecule has 2 fully saturated rings. The van der Waals surface area contributed by atoms with Crippen molar-refractivity contribution in [2.75, 3.05) is 6.54 Å². The van der Waals surface area contributed by atoms with Crippen molar-refractivity contribution in [3.05, 3.63) is 0 Å². The highest BCUT2D eigenvalue weighted by atomic mass is 14.9. The molecule has 4 atom stereocenters. The fourth-order valence-electron chi connectivity index (χ4n) is 4.39. The Labute approximate surface area is 119 Å². The lowest BCUT2D eigenvalue weighted by Gasteiger charge is -2.42. The van der Waals surface area contributed by atoms with Gasteiger partial charge in [0.15, 0.2) is 0 Å². The Hall–Kier alpha value is -0.480.